The van der Waals surface area contributed by atoms with E-state index in [1.807, 2.05) is 25.1 Å². The fourth-order valence-electron chi connectivity index (χ4n) is 4.82. The molecule has 0 bridgehead atoms. The molecule has 1 aliphatic carbocycles. The van der Waals surface area contributed by atoms with Crippen LogP contribution >= 0.6 is 0 Å². The van der Waals surface area contributed by atoms with E-state index in [1.165, 1.54) is 27.6 Å². The molecule has 2 heterocycles. The third-order valence-electron chi connectivity index (χ3n) is 7.25. The summed E-state index contributed by atoms with van der Waals surface area (Å²) in [6.07, 6.45) is 7.03. The summed E-state index contributed by atoms with van der Waals surface area (Å²) in [6, 6.07) is 11.8. The Balaban J connectivity index is 1.41. The summed E-state index contributed by atoms with van der Waals surface area (Å²) in [7, 11) is 1.64. The minimum absolute atomic E-state index is 0.0450. The number of nitrogens with zero attached hydrogens (tertiary/aromatic N) is 3. The van der Waals surface area contributed by atoms with E-state index in [0.29, 0.717) is 5.69 Å². The van der Waals surface area contributed by atoms with Crippen molar-refractivity contribution in [3.05, 3.63) is 53.3 Å². The van der Waals surface area contributed by atoms with Gasteiger partial charge >= 0.3 is 0 Å². The lowest BCUT2D eigenvalue weighted by atomic mass is 9.92. The van der Waals surface area contributed by atoms with Gasteiger partial charge in [-0.25, -0.2) is 0 Å². The molecule has 0 saturated heterocycles. The molecule has 1 aromatic heterocycles. The molecule has 2 N–H and O–H groups in total. The summed E-state index contributed by atoms with van der Waals surface area (Å²) in [5.74, 6) is -0.792. The van der Waals surface area contributed by atoms with E-state index < -0.39 is 5.54 Å². The number of carbonyl (C=O) groups is 3. The summed E-state index contributed by atoms with van der Waals surface area (Å²) in [5, 5.41) is 10.5. The minimum Gasteiger partial charge on any atom is -0.351 e. The Morgan fingerprint density at radius 1 is 1.18 bits per heavy atom. The molecule has 8 nitrogen and oxygen atoms in total. The molecule has 2 atom stereocenters. The van der Waals surface area contributed by atoms with Gasteiger partial charge < -0.3 is 15.5 Å². The van der Waals surface area contributed by atoms with Crippen molar-refractivity contribution >= 4 is 17.7 Å². The van der Waals surface area contributed by atoms with E-state index >= 15 is 0 Å². The Morgan fingerprint density at radius 2 is 1.88 bits per heavy atom. The second-order valence-electron chi connectivity index (χ2n) is 9.92. The summed E-state index contributed by atoms with van der Waals surface area (Å²) in [4.78, 5) is 40.6. The predicted octanol–water partition coefficient (Wildman–Crippen LogP) is 2.93. The second-order valence-corrected chi connectivity index (χ2v) is 9.92. The topological polar surface area (TPSA) is 96.3 Å². The van der Waals surface area contributed by atoms with Gasteiger partial charge in [0, 0.05) is 25.2 Å². The van der Waals surface area contributed by atoms with E-state index in [9.17, 15) is 14.4 Å². The van der Waals surface area contributed by atoms with Crippen molar-refractivity contribution in [2.45, 2.75) is 83.0 Å². The van der Waals surface area contributed by atoms with Crippen LogP contribution in [0.1, 0.15) is 78.9 Å². The minimum atomic E-state index is -1.07. The maximum atomic E-state index is 13.2. The number of benzene rings is 1. The molecule has 8 heteroatoms. The first-order valence-corrected chi connectivity index (χ1v) is 12.3. The lowest BCUT2D eigenvalue weighted by Crippen LogP contribution is -2.63. The van der Waals surface area contributed by atoms with Gasteiger partial charge in [-0.05, 0) is 45.1 Å². The van der Waals surface area contributed by atoms with Gasteiger partial charge in [-0.1, -0.05) is 49.6 Å². The van der Waals surface area contributed by atoms with Gasteiger partial charge in [-0.2, -0.15) is 5.10 Å². The standard InChI is InChI=1S/C26H35N5O3/c1-18(14-15-19-10-6-4-7-11-19)27-23(32)21-16-22-24(33)30(3)26(2,17-31(22)29-21)25(34)28-20-12-8-5-9-13-20/h4,6-7,10-11,16,18,20H,5,8-9,12-15,17H2,1-3H3,(H,27,32)(H,28,34)/t18-,26-/m0/s1. The Morgan fingerprint density at radius 3 is 2.59 bits per heavy atom. The molecule has 1 saturated carbocycles. The van der Waals surface area contributed by atoms with Crippen LogP contribution in [0.5, 0.6) is 0 Å². The molecule has 34 heavy (non-hydrogen) atoms. The molecule has 3 amide bonds. The highest BCUT2D eigenvalue weighted by molar-refractivity contribution is 6.01. The molecule has 0 radical (unpaired) electrons. The van der Waals surface area contributed by atoms with Crippen LogP contribution in [0.4, 0.5) is 0 Å². The predicted molar refractivity (Wildman–Crippen MR) is 129 cm³/mol. The number of likely N-dealkylation sites (N-methyl/N-ethyl adjacent to an activating group) is 1. The highest BCUT2D eigenvalue weighted by atomic mass is 16.2. The van der Waals surface area contributed by atoms with Gasteiger partial charge in [0.1, 0.15) is 11.2 Å². The first-order valence-electron chi connectivity index (χ1n) is 12.3. The lowest BCUT2D eigenvalue weighted by molar-refractivity contribution is -0.133. The van der Waals surface area contributed by atoms with Gasteiger partial charge in [-0.15, -0.1) is 0 Å². The molecule has 2 aromatic rings. The average Bonchev–Trinajstić information content (AvgIpc) is 3.26. The summed E-state index contributed by atoms with van der Waals surface area (Å²) in [5.41, 5.74) is 0.679. The quantitative estimate of drug-likeness (QED) is 0.657. The molecule has 1 aromatic carbocycles. The van der Waals surface area contributed by atoms with Crippen molar-refractivity contribution in [3.8, 4) is 0 Å². The van der Waals surface area contributed by atoms with Crippen molar-refractivity contribution in [2.24, 2.45) is 0 Å². The second kappa shape index (κ2) is 9.99. The number of hydrogen-bond donors (Lipinski definition) is 2. The third-order valence-corrected chi connectivity index (χ3v) is 7.25. The molecule has 2 aliphatic rings. The van der Waals surface area contributed by atoms with Crippen LogP contribution in [-0.2, 0) is 17.8 Å². The Hall–Kier alpha value is -3.16. The summed E-state index contributed by atoms with van der Waals surface area (Å²) < 4.78 is 1.51. The van der Waals surface area contributed by atoms with Gasteiger partial charge in [0.05, 0.1) is 6.54 Å². The SMILES string of the molecule is C[C@@H](CCc1ccccc1)NC(=O)c1cc2n(n1)C[C@@](C)(C(=O)NC1CCCCC1)N(C)C2=O. The Labute approximate surface area is 201 Å². The van der Waals surface area contributed by atoms with Crippen LogP contribution in [0.3, 0.4) is 0 Å². The van der Waals surface area contributed by atoms with E-state index in [0.717, 1.165) is 38.5 Å². The molecule has 1 fully saturated rings. The molecule has 4 rings (SSSR count). The van der Waals surface area contributed by atoms with Crippen molar-refractivity contribution < 1.29 is 14.4 Å². The van der Waals surface area contributed by atoms with E-state index in [4.69, 9.17) is 0 Å². The number of fused-ring (bicyclic) bond motifs is 1. The Bertz CT molecular complexity index is 1040. The number of hydrogen-bond acceptors (Lipinski definition) is 4. The number of aromatic nitrogens is 2. The first-order chi connectivity index (χ1) is 16.3. The maximum absolute atomic E-state index is 13.2. The van der Waals surface area contributed by atoms with Gasteiger partial charge in [0.15, 0.2) is 5.69 Å². The van der Waals surface area contributed by atoms with Crippen LogP contribution in [0, 0.1) is 0 Å². The van der Waals surface area contributed by atoms with Crippen LogP contribution in [0.25, 0.3) is 0 Å². The van der Waals surface area contributed by atoms with E-state index in [2.05, 4.69) is 27.9 Å². The molecule has 1 aliphatic heterocycles. The molecular formula is C26H35N5O3. The summed E-state index contributed by atoms with van der Waals surface area (Å²) >= 11 is 0. The zero-order chi connectivity index (χ0) is 24.3. The van der Waals surface area contributed by atoms with Gasteiger partial charge in [-0.3, -0.25) is 19.1 Å². The fourth-order valence-corrected chi connectivity index (χ4v) is 4.82. The highest BCUT2D eigenvalue weighted by Gasteiger charge is 2.46. The first kappa shape index (κ1) is 24.0. The Kier molecular flexibility index (Phi) is 7.05. The van der Waals surface area contributed by atoms with Crippen LogP contribution in [0.15, 0.2) is 36.4 Å². The molecule has 0 unspecified atom stereocenters. The number of nitrogens with one attached hydrogen (secondary N) is 2. The maximum Gasteiger partial charge on any atom is 0.272 e. The summed E-state index contributed by atoms with van der Waals surface area (Å²) in [6.45, 7) is 3.93. The van der Waals surface area contributed by atoms with E-state index in [-0.39, 0.29) is 42.0 Å². The molecule has 0 spiro atoms. The average molecular weight is 466 g/mol. The third kappa shape index (κ3) is 5.00. The normalized spacial score (nSPS) is 21.6. The number of aryl methyl sites for hydroxylation is 1. The number of rotatable bonds is 7. The largest absolute Gasteiger partial charge is 0.351 e. The zero-order valence-corrected chi connectivity index (χ0v) is 20.3. The fraction of sp³-hybridized carbons (Fsp3) is 0.538. The zero-order valence-electron chi connectivity index (χ0n) is 20.3. The van der Waals surface area contributed by atoms with E-state index in [1.54, 1.807) is 14.0 Å². The van der Waals surface area contributed by atoms with Gasteiger partial charge in [0.2, 0.25) is 5.91 Å². The monoisotopic (exact) mass is 465 g/mol. The van der Waals surface area contributed by atoms with Crippen LogP contribution < -0.4 is 10.6 Å². The number of carbonyl (C=O) groups excluding carboxylic acids is 3. The van der Waals surface area contributed by atoms with Crippen LogP contribution in [-0.4, -0.2) is 57.1 Å². The van der Waals surface area contributed by atoms with Crippen molar-refractivity contribution in [1.29, 1.82) is 0 Å². The van der Waals surface area contributed by atoms with Crippen LogP contribution in [0.2, 0.25) is 0 Å². The number of amides is 3. The molecule has 182 valence electrons. The lowest BCUT2D eigenvalue weighted by Gasteiger charge is -2.41. The molecular weight excluding hydrogens is 430 g/mol. The smallest absolute Gasteiger partial charge is 0.272 e. The highest BCUT2D eigenvalue weighted by Crippen LogP contribution is 2.27. The van der Waals surface area contributed by atoms with Crippen molar-refractivity contribution in [2.75, 3.05) is 7.05 Å². The van der Waals surface area contributed by atoms with Crippen molar-refractivity contribution in [1.82, 2.24) is 25.3 Å². The van der Waals surface area contributed by atoms with Crippen molar-refractivity contribution in [3.63, 3.8) is 0 Å². The van der Waals surface area contributed by atoms with Gasteiger partial charge in [0.25, 0.3) is 11.8 Å².